The van der Waals surface area contributed by atoms with Crippen molar-refractivity contribution in [2.45, 2.75) is 26.7 Å². The summed E-state index contributed by atoms with van der Waals surface area (Å²) in [5.74, 6) is 0.938. The molecule has 3 aromatic rings. The molecule has 2 amide bonds. The topological polar surface area (TPSA) is 70.2 Å². The van der Waals surface area contributed by atoms with Crippen molar-refractivity contribution in [1.29, 1.82) is 0 Å². The summed E-state index contributed by atoms with van der Waals surface area (Å²) in [4.78, 5) is 14.6. The Balaban J connectivity index is 1.39. The SMILES string of the molecule is Cc1ccc(C)c(NC(=O)Nc2ccc(-c3ccc(N4CCCC4)nn3)cc2)c1. The van der Waals surface area contributed by atoms with Gasteiger partial charge in [-0.1, -0.05) is 24.3 Å². The van der Waals surface area contributed by atoms with Crippen LogP contribution in [0.25, 0.3) is 11.3 Å². The van der Waals surface area contributed by atoms with Crippen LogP contribution >= 0.6 is 0 Å². The smallest absolute Gasteiger partial charge is 0.323 e. The molecule has 1 aromatic heterocycles. The van der Waals surface area contributed by atoms with E-state index in [4.69, 9.17) is 0 Å². The highest BCUT2D eigenvalue weighted by molar-refractivity contribution is 6.00. The third kappa shape index (κ3) is 4.54. The summed E-state index contributed by atoms with van der Waals surface area (Å²) in [5, 5.41) is 14.5. The molecule has 6 nitrogen and oxygen atoms in total. The van der Waals surface area contributed by atoms with Gasteiger partial charge in [0.05, 0.1) is 5.69 Å². The number of carbonyl (C=O) groups excluding carboxylic acids is 1. The van der Waals surface area contributed by atoms with Crippen LogP contribution in [0.15, 0.2) is 54.6 Å². The van der Waals surface area contributed by atoms with Crippen molar-refractivity contribution in [3.63, 3.8) is 0 Å². The summed E-state index contributed by atoms with van der Waals surface area (Å²) in [6.07, 6.45) is 2.43. The van der Waals surface area contributed by atoms with Gasteiger partial charge in [0, 0.05) is 30.0 Å². The number of carbonyl (C=O) groups is 1. The van der Waals surface area contributed by atoms with Crippen molar-refractivity contribution >= 4 is 23.2 Å². The van der Waals surface area contributed by atoms with Gasteiger partial charge in [0.2, 0.25) is 0 Å². The second-order valence-corrected chi connectivity index (χ2v) is 7.45. The van der Waals surface area contributed by atoms with E-state index in [-0.39, 0.29) is 6.03 Å². The van der Waals surface area contributed by atoms with Crippen molar-refractivity contribution < 1.29 is 4.79 Å². The minimum absolute atomic E-state index is 0.263. The van der Waals surface area contributed by atoms with Crippen LogP contribution in [0.5, 0.6) is 0 Å². The number of nitrogens with zero attached hydrogens (tertiary/aromatic N) is 3. The molecule has 0 spiro atoms. The summed E-state index contributed by atoms with van der Waals surface area (Å²) < 4.78 is 0. The Kier molecular flexibility index (Phi) is 5.42. The van der Waals surface area contributed by atoms with Crippen molar-refractivity contribution in [1.82, 2.24) is 10.2 Å². The van der Waals surface area contributed by atoms with Crippen LogP contribution in [0.4, 0.5) is 22.0 Å². The molecule has 0 bridgehead atoms. The first-order valence-electron chi connectivity index (χ1n) is 9.93. The molecular weight excluding hydrogens is 362 g/mol. The van der Waals surface area contributed by atoms with Gasteiger partial charge in [0.15, 0.2) is 5.82 Å². The van der Waals surface area contributed by atoms with E-state index in [0.29, 0.717) is 0 Å². The third-order valence-corrected chi connectivity index (χ3v) is 5.16. The number of rotatable bonds is 4. The second-order valence-electron chi connectivity index (χ2n) is 7.45. The van der Waals surface area contributed by atoms with Crippen LogP contribution in [0.1, 0.15) is 24.0 Å². The highest BCUT2D eigenvalue weighted by Crippen LogP contribution is 2.23. The molecule has 2 N–H and O–H groups in total. The number of nitrogens with one attached hydrogen (secondary N) is 2. The number of aromatic nitrogens is 2. The Labute approximate surface area is 171 Å². The quantitative estimate of drug-likeness (QED) is 0.661. The van der Waals surface area contributed by atoms with Crippen LogP contribution in [0, 0.1) is 13.8 Å². The highest BCUT2D eigenvalue weighted by atomic mass is 16.2. The maximum absolute atomic E-state index is 12.3. The lowest BCUT2D eigenvalue weighted by atomic mass is 10.1. The molecule has 29 heavy (non-hydrogen) atoms. The van der Waals surface area contributed by atoms with Gasteiger partial charge in [-0.2, -0.15) is 0 Å². The first-order chi connectivity index (χ1) is 14.1. The van der Waals surface area contributed by atoms with Crippen molar-refractivity contribution in [2.24, 2.45) is 0 Å². The summed E-state index contributed by atoms with van der Waals surface area (Å²) in [6.45, 7) is 6.08. The molecule has 0 aliphatic carbocycles. The minimum atomic E-state index is -0.263. The Morgan fingerprint density at radius 3 is 2.34 bits per heavy atom. The molecule has 1 aliphatic rings. The lowest BCUT2D eigenvalue weighted by Crippen LogP contribution is -2.20. The summed E-state index contributed by atoms with van der Waals surface area (Å²) in [7, 11) is 0. The monoisotopic (exact) mass is 387 g/mol. The van der Waals surface area contributed by atoms with Crippen LogP contribution < -0.4 is 15.5 Å². The maximum Gasteiger partial charge on any atom is 0.323 e. The van der Waals surface area contributed by atoms with E-state index in [1.54, 1.807) is 0 Å². The van der Waals surface area contributed by atoms with Gasteiger partial charge in [-0.3, -0.25) is 0 Å². The molecule has 4 rings (SSSR count). The molecule has 1 fully saturated rings. The van der Waals surface area contributed by atoms with E-state index in [1.165, 1.54) is 12.8 Å². The molecule has 1 saturated heterocycles. The van der Waals surface area contributed by atoms with Gasteiger partial charge >= 0.3 is 6.03 Å². The second kappa shape index (κ2) is 8.31. The molecule has 2 heterocycles. The number of amides is 2. The summed E-state index contributed by atoms with van der Waals surface area (Å²) in [5.41, 5.74) is 5.44. The zero-order valence-corrected chi connectivity index (χ0v) is 16.8. The van der Waals surface area contributed by atoms with E-state index in [1.807, 2.05) is 68.4 Å². The van der Waals surface area contributed by atoms with Gasteiger partial charge in [-0.15, -0.1) is 10.2 Å². The molecule has 0 atom stereocenters. The number of hydrogen-bond acceptors (Lipinski definition) is 4. The Bertz CT molecular complexity index is 993. The average molecular weight is 387 g/mol. The fourth-order valence-electron chi connectivity index (χ4n) is 3.47. The molecule has 2 aromatic carbocycles. The maximum atomic E-state index is 12.3. The third-order valence-electron chi connectivity index (χ3n) is 5.16. The predicted octanol–water partition coefficient (Wildman–Crippen LogP) is 5.00. The number of anilines is 3. The van der Waals surface area contributed by atoms with E-state index < -0.39 is 0 Å². The molecule has 6 heteroatoms. The minimum Gasteiger partial charge on any atom is -0.355 e. The highest BCUT2D eigenvalue weighted by Gasteiger charge is 2.14. The molecule has 0 saturated carbocycles. The van der Waals surface area contributed by atoms with Gasteiger partial charge in [0.1, 0.15) is 0 Å². The molecule has 148 valence electrons. The number of benzene rings is 2. The fourth-order valence-corrected chi connectivity index (χ4v) is 3.47. The number of aryl methyl sites for hydroxylation is 2. The van der Waals surface area contributed by atoms with Crippen molar-refractivity contribution in [3.8, 4) is 11.3 Å². The van der Waals surface area contributed by atoms with Gasteiger partial charge in [-0.05, 0) is 68.1 Å². The molecule has 0 radical (unpaired) electrons. The van der Waals surface area contributed by atoms with Gasteiger partial charge in [0.25, 0.3) is 0 Å². The van der Waals surface area contributed by atoms with Gasteiger partial charge < -0.3 is 15.5 Å². The van der Waals surface area contributed by atoms with Crippen LogP contribution in [0.3, 0.4) is 0 Å². The average Bonchev–Trinajstić information content (AvgIpc) is 3.26. The fraction of sp³-hybridized carbons (Fsp3) is 0.261. The lowest BCUT2D eigenvalue weighted by Gasteiger charge is -2.15. The zero-order chi connectivity index (χ0) is 20.2. The largest absolute Gasteiger partial charge is 0.355 e. The number of hydrogen-bond donors (Lipinski definition) is 2. The summed E-state index contributed by atoms with van der Waals surface area (Å²) >= 11 is 0. The van der Waals surface area contributed by atoms with Crippen LogP contribution in [-0.2, 0) is 0 Å². The van der Waals surface area contributed by atoms with Crippen LogP contribution in [-0.4, -0.2) is 29.3 Å². The Hall–Kier alpha value is -3.41. The van der Waals surface area contributed by atoms with Gasteiger partial charge in [-0.25, -0.2) is 4.79 Å². The van der Waals surface area contributed by atoms with E-state index in [9.17, 15) is 4.79 Å². The Morgan fingerprint density at radius 1 is 0.897 bits per heavy atom. The van der Waals surface area contributed by atoms with E-state index in [2.05, 4.69) is 25.7 Å². The zero-order valence-electron chi connectivity index (χ0n) is 16.8. The molecule has 1 aliphatic heterocycles. The standard InChI is InChI=1S/C23H25N5O/c1-16-5-6-17(2)21(15-16)25-23(29)24-19-9-7-18(8-10-19)20-11-12-22(27-26-20)28-13-3-4-14-28/h5-12,15H,3-4,13-14H2,1-2H3,(H2,24,25,29). The molecular formula is C23H25N5O. The van der Waals surface area contributed by atoms with Crippen molar-refractivity contribution in [2.75, 3.05) is 28.6 Å². The summed E-state index contributed by atoms with van der Waals surface area (Å²) in [6, 6.07) is 17.4. The van der Waals surface area contributed by atoms with E-state index in [0.717, 1.165) is 52.7 Å². The first kappa shape index (κ1) is 18.9. The Morgan fingerprint density at radius 2 is 1.66 bits per heavy atom. The normalized spacial score (nSPS) is 13.4. The lowest BCUT2D eigenvalue weighted by molar-refractivity contribution is 0.262. The van der Waals surface area contributed by atoms with Crippen LogP contribution in [0.2, 0.25) is 0 Å². The predicted molar refractivity (Wildman–Crippen MR) is 117 cm³/mol. The molecule has 0 unspecified atom stereocenters. The number of urea groups is 1. The van der Waals surface area contributed by atoms with E-state index >= 15 is 0 Å². The van der Waals surface area contributed by atoms with Crippen molar-refractivity contribution in [3.05, 3.63) is 65.7 Å². The first-order valence-corrected chi connectivity index (χ1v) is 9.93.